The van der Waals surface area contributed by atoms with Crippen molar-refractivity contribution in [2.24, 2.45) is 0 Å². The molecule has 2 nitrogen and oxygen atoms in total. The van der Waals surface area contributed by atoms with Gasteiger partial charge >= 0.3 is 0 Å². The van der Waals surface area contributed by atoms with Gasteiger partial charge in [-0.2, -0.15) is 0 Å². The summed E-state index contributed by atoms with van der Waals surface area (Å²) in [5, 5.41) is 15.9. The lowest BCUT2D eigenvalue weighted by Crippen LogP contribution is -2.35. The van der Waals surface area contributed by atoms with Crippen molar-refractivity contribution in [2.75, 3.05) is 6.54 Å². The minimum absolute atomic E-state index is 0.169. The molecule has 0 bridgehead atoms. The standard InChI is InChI=1S/C16H25NOS/c1-2-14(16(18)15-9-6-12-19-15)17-11-10-13-7-4-3-5-8-13/h6-7,9,12,14,16-18H,2-5,8,10-11H2,1H3. The van der Waals surface area contributed by atoms with Crippen LogP contribution in [-0.2, 0) is 0 Å². The largest absolute Gasteiger partial charge is 0.386 e. The Labute approximate surface area is 120 Å². The monoisotopic (exact) mass is 279 g/mol. The normalized spacial score (nSPS) is 18.9. The zero-order valence-corrected chi connectivity index (χ0v) is 12.6. The quantitative estimate of drug-likeness (QED) is 0.738. The van der Waals surface area contributed by atoms with Crippen LogP contribution in [0.25, 0.3) is 0 Å². The number of rotatable bonds is 7. The molecular formula is C16H25NOS. The van der Waals surface area contributed by atoms with Gasteiger partial charge in [0.25, 0.3) is 0 Å². The molecule has 0 fully saturated rings. The molecule has 1 aliphatic carbocycles. The second-order valence-corrected chi connectivity index (χ2v) is 6.27. The highest BCUT2D eigenvalue weighted by molar-refractivity contribution is 7.10. The summed E-state index contributed by atoms with van der Waals surface area (Å²) in [6.07, 6.45) is 9.35. The van der Waals surface area contributed by atoms with Gasteiger partial charge in [-0.1, -0.05) is 24.6 Å². The SMILES string of the molecule is CCC(NCCC1=CCCCC1)C(O)c1cccs1. The van der Waals surface area contributed by atoms with Gasteiger partial charge in [0.2, 0.25) is 0 Å². The van der Waals surface area contributed by atoms with Crippen LogP contribution in [0.5, 0.6) is 0 Å². The first-order valence-corrected chi connectivity index (χ1v) is 8.32. The third-order valence-electron chi connectivity index (χ3n) is 3.89. The molecule has 1 heterocycles. The van der Waals surface area contributed by atoms with Gasteiger partial charge in [0.05, 0.1) is 0 Å². The van der Waals surface area contributed by atoms with Crippen LogP contribution in [-0.4, -0.2) is 17.7 Å². The molecule has 2 N–H and O–H groups in total. The Hall–Kier alpha value is -0.640. The number of nitrogens with one attached hydrogen (secondary N) is 1. The highest BCUT2D eigenvalue weighted by atomic mass is 32.1. The summed E-state index contributed by atoms with van der Waals surface area (Å²) in [5.74, 6) is 0. The molecule has 2 atom stereocenters. The Morgan fingerprint density at radius 3 is 2.95 bits per heavy atom. The van der Waals surface area contributed by atoms with Gasteiger partial charge in [-0.05, 0) is 56.5 Å². The van der Waals surface area contributed by atoms with E-state index < -0.39 is 0 Å². The van der Waals surface area contributed by atoms with Gasteiger partial charge in [0.15, 0.2) is 0 Å². The molecule has 1 aliphatic rings. The van der Waals surface area contributed by atoms with E-state index in [1.54, 1.807) is 16.9 Å². The Bertz CT molecular complexity index is 385. The number of allylic oxidation sites excluding steroid dienone is 1. The van der Waals surface area contributed by atoms with E-state index in [1.807, 2.05) is 17.5 Å². The Kier molecular flexibility index (Phi) is 6.08. The molecule has 1 aromatic heterocycles. The summed E-state index contributed by atoms with van der Waals surface area (Å²) < 4.78 is 0. The van der Waals surface area contributed by atoms with Gasteiger partial charge in [-0.15, -0.1) is 11.3 Å². The fourth-order valence-corrected chi connectivity index (χ4v) is 3.46. The molecule has 0 saturated carbocycles. The van der Waals surface area contributed by atoms with Gasteiger partial charge in [-0.3, -0.25) is 0 Å². The van der Waals surface area contributed by atoms with Gasteiger partial charge in [0, 0.05) is 10.9 Å². The van der Waals surface area contributed by atoms with Gasteiger partial charge < -0.3 is 10.4 Å². The molecule has 0 amide bonds. The van der Waals surface area contributed by atoms with Gasteiger partial charge in [0.1, 0.15) is 6.10 Å². The van der Waals surface area contributed by atoms with E-state index in [4.69, 9.17) is 0 Å². The summed E-state index contributed by atoms with van der Waals surface area (Å²) >= 11 is 1.63. The molecule has 0 radical (unpaired) electrons. The summed E-state index contributed by atoms with van der Waals surface area (Å²) in [5.41, 5.74) is 1.60. The molecule has 0 aromatic carbocycles. The maximum atomic E-state index is 10.3. The molecule has 19 heavy (non-hydrogen) atoms. The van der Waals surface area contributed by atoms with Crippen molar-refractivity contribution in [3.8, 4) is 0 Å². The zero-order valence-electron chi connectivity index (χ0n) is 11.8. The van der Waals surface area contributed by atoms with Crippen molar-refractivity contribution in [1.29, 1.82) is 0 Å². The van der Waals surface area contributed by atoms with Crippen LogP contribution in [0, 0.1) is 0 Å². The highest BCUT2D eigenvalue weighted by Crippen LogP contribution is 2.24. The summed E-state index contributed by atoms with van der Waals surface area (Å²) in [6, 6.07) is 4.19. The van der Waals surface area contributed by atoms with Crippen molar-refractivity contribution in [3.05, 3.63) is 34.0 Å². The minimum Gasteiger partial charge on any atom is -0.386 e. The molecule has 2 rings (SSSR count). The Morgan fingerprint density at radius 1 is 1.42 bits per heavy atom. The topological polar surface area (TPSA) is 32.3 Å². The fraction of sp³-hybridized carbons (Fsp3) is 0.625. The molecule has 1 aromatic rings. The Balaban J connectivity index is 1.77. The van der Waals surface area contributed by atoms with Gasteiger partial charge in [-0.25, -0.2) is 0 Å². The van der Waals surface area contributed by atoms with E-state index >= 15 is 0 Å². The van der Waals surface area contributed by atoms with E-state index in [0.717, 1.165) is 24.3 Å². The molecular weight excluding hydrogens is 254 g/mol. The third kappa shape index (κ3) is 4.44. The maximum absolute atomic E-state index is 10.3. The average Bonchev–Trinajstić information content (AvgIpc) is 2.98. The average molecular weight is 279 g/mol. The van der Waals surface area contributed by atoms with Crippen molar-refractivity contribution >= 4 is 11.3 Å². The van der Waals surface area contributed by atoms with Crippen LogP contribution in [0.3, 0.4) is 0 Å². The van der Waals surface area contributed by atoms with Crippen molar-refractivity contribution < 1.29 is 5.11 Å². The Morgan fingerprint density at radius 2 is 2.32 bits per heavy atom. The maximum Gasteiger partial charge on any atom is 0.103 e. The lowest BCUT2D eigenvalue weighted by molar-refractivity contribution is 0.129. The van der Waals surface area contributed by atoms with E-state index in [-0.39, 0.29) is 12.1 Å². The second-order valence-electron chi connectivity index (χ2n) is 5.29. The highest BCUT2D eigenvalue weighted by Gasteiger charge is 2.19. The number of hydrogen-bond donors (Lipinski definition) is 2. The van der Waals surface area contributed by atoms with Crippen LogP contribution in [0.2, 0.25) is 0 Å². The lowest BCUT2D eigenvalue weighted by atomic mass is 9.97. The fourth-order valence-electron chi connectivity index (χ4n) is 2.69. The summed E-state index contributed by atoms with van der Waals surface area (Å²) in [7, 11) is 0. The smallest absolute Gasteiger partial charge is 0.103 e. The molecule has 0 aliphatic heterocycles. The third-order valence-corrected chi connectivity index (χ3v) is 4.84. The first-order chi connectivity index (χ1) is 9.31. The van der Waals surface area contributed by atoms with Crippen LogP contribution in [0.1, 0.15) is 56.4 Å². The van der Waals surface area contributed by atoms with Crippen molar-refractivity contribution in [2.45, 2.75) is 57.6 Å². The van der Waals surface area contributed by atoms with E-state index in [2.05, 4.69) is 18.3 Å². The molecule has 0 spiro atoms. The molecule has 2 unspecified atom stereocenters. The number of aliphatic hydroxyl groups is 1. The van der Waals surface area contributed by atoms with Crippen molar-refractivity contribution in [1.82, 2.24) is 5.32 Å². The molecule has 0 saturated heterocycles. The molecule has 106 valence electrons. The van der Waals surface area contributed by atoms with Crippen LogP contribution in [0.15, 0.2) is 29.2 Å². The first kappa shape index (κ1) is 14.8. The number of hydrogen-bond acceptors (Lipinski definition) is 3. The summed E-state index contributed by atoms with van der Waals surface area (Å²) in [4.78, 5) is 1.07. The zero-order chi connectivity index (χ0) is 13.5. The van der Waals surface area contributed by atoms with E-state index in [1.165, 1.54) is 25.7 Å². The second kappa shape index (κ2) is 7.83. The van der Waals surface area contributed by atoms with Crippen LogP contribution < -0.4 is 5.32 Å². The van der Waals surface area contributed by atoms with Crippen LogP contribution in [0.4, 0.5) is 0 Å². The first-order valence-electron chi connectivity index (χ1n) is 7.44. The number of aliphatic hydroxyl groups excluding tert-OH is 1. The van der Waals surface area contributed by atoms with E-state index in [0.29, 0.717) is 0 Å². The number of thiophene rings is 1. The summed E-state index contributed by atoms with van der Waals surface area (Å²) in [6.45, 7) is 3.11. The predicted octanol–water partition coefficient (Wildman–Crippen LogP) is 4.04. The minimum atomic E-state index is -0.370. The van der Waals surface area contributed by atoms with Crippen LogP contribution >= 0.6 is 11.3 Å². The molecule has 3 heteroatoms. The lowest BCUT2D eigenvalue weighted by Gasteiger charge is -2.23. The van der Waals surface area contributed by atoms with E-state index in [9.17, 15) is 5.11 Å². The van der Waals surface area contributed by atoms with Crippen molar-refractivity contribution in [3.63, 3.8) is 0 Å². The predicted molar refractivity (Wildman–Crippen MR) is 82.5 cm³/mol.